The maximum atomic E-state index is 12.1. The van der Waals surface area contributed by atoms with Crippen LogP contribution in [0, 0.1) is 5.41 Å². The number of carbonyl (C=O) groups is 2. The minimum atomic E-state index is -0.818. The van der Waals surface area contributed by atoms with E-state index in [0.717, 1.165) is 25.9 Å². The Morgan fingerprint density at radius 1 is 1.26 bits per heavy atom. The molecule has 108 valence electrons. The van der Waals surface area contributed by atoms with E-state index in [1.165, 1.54) is 0 Å². The molecule has 1 atom stereocenters. The smallest absolute Gasteiger partial charge is 0.317 e. The maximum Gasteiger partial charge on any atom is 0.317 e. The first-order chi connectivity index (χ1) is 8.90. The summed E-state index contributed by atoms with van der Waals surface area (Å²) in [4.78, 5) is 27.1. The van der Waals surface area contributed by atoms with E-state index in [0.29, 0.717) is 19.5 Å². The van der Waals surface area contributed by atoms with Crippen LogP contribution in [-0.2, 0) is 4.79 Å². The first-order valence-electron chi connectivity index (χ1n) is 6.88. The van der Waals surface area contributed by atoms with Gasteiger partial charge in [0.2, 0.25) is 0 Å². The molecule has 0 aliphatic carbocycles. The molecule has 0 aromatic rings. The number of urea groups is 1. The standard InChI is InChI=1S/C13H23N3O3/c1-13(11(17)18)5-8-16(9-13)12(19)14-10-3-6-15(2)7-4-10/h10H,3-9H2,1-2H3,(H,14,19)(H,17,18). The predicted molar refractivity (Wildman–Crippen MR) is 71.0 cm³/mol. The number of piperidine rings is 1. The summed E-state index contributed by atoms with van der Waals surface area (Å²) < 4.78 is 0. The van der Waals surface area contributed by atoms with Crippen molar-refractivity contribution in [3.63, 3.8) is 0 Å². The van der Waals surface area contributed by atoms with E-state index in [9.17, 15) is 9.59 Å². The molecule has 2 aliphatic heterocycles. The van der Waals surface area contributed by atoms with Gasteiger partial charge in [-0.3, -0.25) is 4.79 Å². The number of hydrogen-bond acceptors (Lipinski definition) is 3. The number of aliphatic carboxylic acids is 1. The second-order valence-corrected chi connectivity index (χ2v) is 6.06. The molecule has 0 saturated carbocycles. The van der Waals surface area contributed by atoms with Crippen LogP contribution in [0.1, 0.15) is 26.2 Å². The van der Waals surface area contributed by atoms with Gasteiger partial charge in [0.1, 0.15) is 0 Å². The number of carbonyl (C=O) groups excluding carboxylic acids is 1. The SMILES string of the molecule is CN1CCC(NC(=O)N2CCC(C)(C(=O)O)C2)CC1. The minimum absolute atomic E-state index is 0.112. The van der Waals surface area contributed by atoms with Gasteiger partial charge in [0.15, 0.2) is 0 Å². The van der Waals surface area contributed by atoms with Crippen molar-refractivity contribution < 1.29 is 14.7 Å². The number of amides is 2. The van der Waals surface area contributed by atoms with Gasteiger partial charge in [-0.25, -0.2) is 4.79 Å². The van der Waals surface area contributed by atoms with Crippen molar-refractivity contribution in [3.8, 4) is 0 Å². The molecule has 0 aromatic heterocycles. The van der Waals surface area contributed by atoms with Gasteiger partial charge in [0, 0.05) is 19.1 Å². The third kappa shape index (κ3) is 3.18. The van der Waals surface area contributed by atoms with Crippen molar-refractivity contribution in [2.75, 3.05) is 33.2 Å². The Hall–Kier alpha value is -1.30. The number of nitrogens with one attached hydrogen (secondary N) is 1. The quantitative estimate of drug-likeness (QED) is 0.769. The molecule has 0 bridgehead atoms. The maximum absolute atomic E-state index is 12.1. The molecule has 6 nitrogen and oxygen atoms in total. The van der Waals surface area contributed by atoms with Crippen LogP contribution in [0.25, 0.3) is 0 Å². The van der Waals surface area contributed by atoms with Crippen molar-refractivity contribution >= 4 is 12.0 Å². The highest BCUT2D eigenvalue weighted by Gasteiger charge is 2.42. The fourth-order valence-electron chi connectivity index (χ4n) is 2.73. The lowest BCUT2D eigenvalue weighted by atomic mass is 9.90. The largest absolute Gasteiger partial charge is 0.481 e. The van der Waals surface area contributed by atoms with E-state index < -0.39 is 11.4 Å². The van der Waals surface area contributed by atoms with Gasteiger partial charge in [-0.1, -0.05) is 0 Å². The molecule has 19 heavy (non-hydrogen) atoms. The number of likely N-dealkylation sites (tertiary alicyclic amines) is 2. The van der Waals surface area contributed by atoms with Crippen molar-refractivity contribution in [1.82, 2.24) is 15.1 Å². The fraction of sp³-hybridized carbons (Fsp3) is 0.846. The Labute approximate surface area is 113 Å². The molecule has 1 unspecified atom stereocenters. The first kappa shape index (κ1) is 14.1. The summed E-state index contributed by atoms with van der Waals surface area (Å²) in [5.74, 6) is -0.818. The second-order valence-electron chi connectivity index (χ2n) is 6.06. The molecule has 2 heterocycles. The second kappa shape index (κ2) is 5.36. The minimum Gasteiger partial charge on any atom is -0.481 e. The number of nitrogens with zero attached hydrogens (tertiary/aromatic N) is 2. The van der Waals surface area contributed by atoms with E-state index >= 15 is 0 Å². The van der Waals surface area contributed by atoms with Gasteiger partial charge in [-0.2, -0.15) is 0 Å². The van der Waals surface area contributed by atoms with Crippen LogP contribution in [0.4, 0.5) is 4.79 Å². The lowest BCUT2D eigenvalue weighted by molar-refractivity contribution is -0.146. The van der Waals surface area contributed by atoms with Gasteiger partial charge in [-0.15, -0.1) is 0 Å². The van der Waals surface area contributed by atoms with Crippen molar-refractivity contribution in [2.24, 2.45) is 5.41 Å². The highest BCUT2D eigenvalue weighted by atomic mass is 16.4. The number of carboxylic acid groups (broad SMARTS) is 1. The van der Waals surface area contributed by atoms with Gasteiger partial charge in [0.05, 0.1) is 5.41 Å². The van der Waals surface area contributed by atoms with Crippen LogP contribution < -0.4 is 5.32 Å². The highest BCUT2D eigenvalue weighted by molar-refractivity contribution is 5.79. The summed E-state index contributed by atoms with van der Waals surface area (Å²) in [5.41, 5.74) is -0.788. The van der Waals surface area contributed by atoms with Gasteiger partial charge >= 0.3 is 12.0 Å². The Bertz CT molecular complexity index is 366. The molecular formula is C13H23N3O3. The third-order valence-electron chi connectivity index (χ3n) is 4.32. The normalized spacial score (nSPS) is 29.5. The van der Waals surface area contributed by atoms with Crippen LogP contribution >= 0.6 is 0 Å². The molecular weight excluding hydrogens is 246 g/mol. The molecule has 0 aromatic carbocycles. The van der Waals surface area contributed by atoms with Gasteiger partial charge in [0.25, 0.3) is 0 Å². The van der Waals surface area contributed by atoms with E-state index in [1.807, 2.05) is 0 Å². The number of carboxylic acids is 1. The monoisotopic (exact) mass is 269 g/mol. The summed E-state index contributed by atoms with van der Waals surface area (Å²) in [6.45, 7) is 4.54. The van der Waals surface area contributed by atoms with Crippen molar-refractivity contribution in [3.05, 3.63) is 0 Å². The molecule has 2 N–H and O–H groups in total. The Kier molecular flexibility index (Phi) is 3.99. The summed E-state index contributed by atoms with van der Waals surface area (Å²) in [5, 5.41) is 12.2. The predicted octanol–water partition coefficient (Wildman–Crippen LogP) is 0.587. The molecule has 2 fully saturated rings. The molecule has 2 aliphatic rings. The van der Waals surface area contributed by atoms with Crippen LogP contribution in [-0.4, -0.2) is 66.2 Å². The summed E-state index contributed by atoms with van der Waals surface area (Å²) in [6.07, 6.45) is 2.46. The Morgan fingerprint density at radius 2 is 1.89 bits per heavy atom. The molecule has 0 spiro atoms. The highest BCUT2D eigenvalue weighted by Crippen LogP contribution is 2.30. The zero-order valence-corrected chi connectivity index (χ0v) is 11.7. The average molecular weight is 269 g/mol. The number of rotatable bonds is 2. The van der Waals surface area contributed by atoms with E-state index in [4.69, 9.17) is 5.11 Å². The first-order valence-corrected chi connectivity index (χ1v) is 6.88. The van der Waals surface area contributed by atoms with Crippen LogP contribution in [0.2, 0.25) is 0 Å². The lowest BCUT2D eigenvalue weighted by Crippen LogP contribution is -2.48. The van der Waals surface area contributed by atoms with Gasteiger partial charge < -0.3 is 20.2 Å². The number of hydrogen-bond donors (Lipinski definition) is 2. The van der Waals surface area contributed by atoms with Crippen molar-refractivity contribution in [1.29, 1.82) is 0 Å². The van der Waals surface area contributed by atoms with Gasteiger partial charge in [-0.05, 0) is 46.3 Å². The topological polar surface area (TPSA) is 72.9 Å². The van der Waals surface area contributed by atoms with Crippen molar-refractivity contribution in [2.45, 2.75) is 32.2 Å². The molecule has 2 amide bonds. The van der Waals surface area contributed by atoms with E-state index in [2.05, 4.69) is 17.3 Å². The third-order valence-corrected chi connectivity index (χ3v) is 4.32. The molecule has 0 radical (unpaired) electrons. The van der Waals surface area contributed by atoms with Crippen LogP contribution in [0.3, 0.4) is 0 Å². The molecule has 2 rings (SSSR count). The summed E-state index contributed by atoms with van der Waals surface area (Å²) in [6, 6.07) is 0.111. The van der Waals surface area contributed by atoms with Crippen LogP contribution in [0.5, 0.6) is 0 Å². The zero-order chi connectivity index (χ0) is 14.0. The fourth-order valence-corrected chi connectivity index (χ4v) is 2.73. The Morgan fingerprint density at radius 3 is 2.42 bits per heavy atom. The zero-order valence-electron chi connectivity index (χ0n) is 11.7. The lowest BCUT2D eigenvalue weighted by Gasteiger charge is -2.31. The van der Waals surface area contributed by atoms with E-state index in [-0.39, 0.29) is 12.1 Å². The average Bonchev–Trinajstić information content (AvgIpc) is 2.76. The summed E-state index contributed by atoms with van der Waals surface area (Å²) >= 11 is 0. The molecule has 2 saturated heterocycles. The summed E-state index contributed by atoms with van der Waals surface area (Å²) in [7, 11) is 2.08. The van der Waals surface area contributed by atoms with E-state index in [1.54, 1.807) is 11.8 Å². The Balaban J connectivity index is 1.83. The van der Waals surface area contributed by atoms with Crippen LogP contribution in [0.15, 0.2) is 0 Å². The molecule has 6 heteroatoms.